The van der Waals surface area contributed by atoms with Gasteiger partial charge >= 0.3 is 0 Å². The second-order valence-electron chi connectivity index (χ2n) is 5.40. The van der Waals surface area contributed by atoms with Gasteiger partial charge in [-0.05, 0) is 36.1 Å². The lowest BCUT2D eigenvalue weighted by atomic mass is 10.0. The van der Waals surface area contributed by atoms with E-state index >= 15 is 0 Å². The fraction of sp³-hybridized carbons (Fsp3) is 0.368. The topological polar surface area (TPSA) is 29.3 Å². The number of rotatable bonds is 8. The zero-order chi connectivity index (χ0) is 14.9. The summed E-state index contributed by atoms with van der Waals surface area (Å²) in [5.74, 6) is 0. The molecule has 0 unspecified atom stereocenters. The van der Waals surface area contributed by atoms with E-state index in [0.29, 0.717) is 6.54 Å². The molecular formula is C19H26N2. The first-order chi connectivity index (χ1) is 10.3. The lowest BCUT2D eigenvalue weighted by Gasteiger charge is -2.25. The Morgan fingerprint density at radius 2 is 1.52 bits per heavy atom. The second-order valence-corrected chi connectivity index (χ2v) is 5.40. The van der Waals surface area contributed by atoms with Gasteiger partial charge in [0.1, 0.15) is 0 Å². The summed E-state index contributed by atoms with van der Waals surface area (Å²) in [6, 6.07) is 19.2. The van der Waals surface area contributed by atoms with Gasteiger partial charge in [-0.1, -0.05) is 55.8 Å². The van der Waals surface area contributed by atoms with Crippen LogP contribution in [-0.2, 0) is 13.0 Å². The highest BCUT2D eigenvalue weighted by Gasteiger charge is 2.07. The summed E-state index contributed by atoms with van der Waals surface area (Å²) in [6.45, 7) is 5.02. The second kappa shape index (κ2) is 8.48. The van der Waals surface area contributed by atoms with E-state index in [9.17, 15) is 0 Å². The summed E-state index contributed by atoms with van der Waals surface area (Å²) < 4.78 is 0. The Kier molecular flexibility index (Phi) is 6.29. The molecule has 112 valence electrons. The predicted molar refractivity (Wildman–Crippen MR) is 91.6 cm³/mol. The minimum Gasteiger partial charge on any atom is -0.371 e. The molecule has 21 heavy (non-hydrogen) atoms. The Bertz CT molecular complexity index is 522. The van der Waals surface area contributed by atoms with Crippen molar-refractivity contribution in [3.63, 3.8) is 0 Å². The van der Waals surface area contributed by atoms with Crippen molar-refractivity contribution in [1.82, 2.24) is 0 Å². The van der Waals surface area contributed by atoms with Gasteiger partial charge in [-0.3, -0.25) is 0 Å². The monoisotopic (exact) mass is 282 g/mol. The summed E-state index contributed by atoms with van der Waals surface area (Å²) >= 11 is 0. The molecule has 2 heteroatoms. The molecule has 0 saturated carbocycles. The number of anilines is 1. The van der Waals surface area contributed by atoms with Crippen molar-refractivity contribution in [2.24, 2.45) is 5.73 Å². The van der Waals surface area contributed by atoms with Crippen LogP contribution in [0.2, 0.25) is 0 Å². The minimum absolute atomic E-state index is 0.621. The first kappa shape index (κ1) is 15.6. The van der Waals surface area contributed by atoms with Crippen molar-refractivity contribution < 1.29 is 0 Å². The van der Waals surface area contributed by atoms with E-state index in [0.717, 1.165) is 19.5 Å². The Labute approximate surface area is 128 Å². The van der Waals surface area contributed by atoms with E-state index in [4.69, 9.17) is 5.73 Å². The molecule has 2 nitrogen and oxygen atoms in total. The highest BCUT2D eigenvalue weighted by atomic mass is 15.1. The molecule has 0 fully saturated rings. The Hall–Kier alpha value is -1.80. The molecule has 0 aliphatic carbocycles. The molecule has 2 aromatic carbocycles. The highest BCUT2D eigenvalue weighted by molar-refractivity contribution is 5.46. The van der Waals surface area contributed by atoms with Gasteiger partial charge in [0.25, 0.3) is 0 Å². The van der Waals surface area contributed by atoms with Gasteiger partial charge in [0.15, 0.2) is 0 Å². The zero-order valence-electron chi connectivity index (χ0n) is 13.0. The van der Waals surface area contributed by atoms with Gasteiger partial charge in [0, 0.05) is 25.3 Å². The third-order valence-corrected chi connectivity index (χ3v) is 3.89. The van der Waals surface area contributed by atoms with Crippen LogP contribution in [0.1, 0.15) is 30.9 Å². The number of benzene rings is 2. The van der Waals surface area contributed by atoms with Crippen molar-refractivity contribution in [2.75, 3.05) is 18.0 Å². The molecule has 0 aliphatic rings. The van der Waals surface area contributed by atoms with Crippen LogP contribution in [0.25, 0.3) is 0 Å². The van der Waals surface area contributed by atoms with Gasteiger partial charge in [-0.2, -0.15) is 0 Å². The van der Waals surface area contributed by atoms with E-state index < -0.39 is 0 Å². The lowest BCUT2D eigenvalue weighted by molar-refractivity contribution is 0.709. The summed E-state index contributed by atoms with van der Waals surface area (Å²) in [6.07, 6.45) is 3.50. The van der Waals surface area contributed by atoms with Crippen LogP contribution in [0.4, 0.5) is 5.69 Å². The molecule has 0 amide bonds. The van der Waals surface area contributed by atoms with Crippen LogP contribution in [0.3, 0.4) is 0 Å². The molecule has 2 aromatic rings. The molecular weight excluding hydrogens is 256 g/mol. The minimum atomic E-state index is 0.621. The normalized spacial score (nSPS) is 10.6. The molecule has 0 spiro atoms. The first-order valence-corrected chi connectivity index (χ1v) is 7.92. The van der Waals surface area contributed by atoms with Crippen LogP contribution < -0.4 is 10.6 Å². The van der Waals surface area contributed by atoms with E-state index in [1.807, 2.05) is 0 Å². The number of hydrogen-bond acceptors (Lipinski definition) is 2. The first-order valence-electron chi connectivity index (χ1n) is 7.92. The summed E-state index contributed by atoms with van der Waals surface area (Å²) in [5, 5.41) is 0. The Morgan fingerprint density at radius 3 is 2.19 bits per heavy atom. The fourth-order valence-electron chi connectivity index (χ4n) is 2.61. The van der Waals surface area contributed by atoms with Gasteiger partial charge in [-0.15, -0.1) is 0 Å². The van der Waals surface area contributed by atoms with E-state index in [-0.39, 0.29) is 0 Å². The molecule has 0 saturated heterocycles. The number of para-hydroxylation sites is 1. The van der Waals surface area contributed by atoms with Gasteiger partial charge in [-0.25, -0.2) is 0 Å². The number of hydrogen-bond donors (Lipinski definition) is 1. The molecule has 0 aliphatic heterocycles. The molecule has 0 heterocycles. The highest BCUT2D eigenvalue weighted by Crippen LogP contribution is 2.16. The van der Waals surface area contributed by atoms with Crippen LogP contribution >= 0.6 is 0 Å². The van der Waals surface area contributed by atoms with Gasteiger partial charge in [0.2, 0.25) is 0 Å². The summed E-state index contributed by atoms with van der Waals surface area (Å²) in [7, 11) is 0. The maximum Gasteiger partial charge on any atom is 0.0366 e. The fourth-order valence-corrected chi connectivity index (χ4v) is 2.61. The van der Waals surface area contributed by atoms with E-state index in [1.54, 1.807) is 0 Å². The van der Waals surface area contributed by atoms with Gasteiger partial charge in [0.05, 0.1) is 0 Å². The molecule has 0 atom stereocenters. The number of nitrogens with zero attached hydrogens (tertiary/aromatic N) is 1. The third-order valence-electron chi connectivity index (χ3n) is 3.89. The number of nitrogens with two attached hydrogens (primary N) is 1. The smallest absolute Gasteiger partial charge is 0.0366 e. The Balaban J connectivity index is 2.05. The van der Waals surface area contributed by atoms with Gasteiger partial charge < -0.3 is 10.6 Å². The largest absolute Gasteiger partial charge is 0.371 e. The van der Waals surface area contributed by atoms with Crippen LogP contribution in [-0.4, -0.2) is 13.1 Å². The zero-order valence-corrected chi connectivity index (χ0v) is 13.0. The third kappa shape index (κ3) is 4.61. The van der Waals surface area contributed by atoms with Crippen molar-refractivity contribution in [1.29, 1.82) is 0 Å². The van der Waals surface area contributed by atoms with Crippen molar-refractivity contribution in [3.8, 4) is 0 Å². The molecule has 0 radical (unpaired) electrons. The standard InChI is InChI=1S/C19H26N2/c1-2-3-14-21(19-11-5-4-6-12-19)15-13-17-9-7-8-10-18(17)16-20/h4-12H,2-3,13-16,20H2,1H3. The maximum absolute atomic E-state index is 5.83. The van der Waals surface area contributed by atoms with Crippen molar-refractivity contribution in [2.45, 2.75) is 32.7 Å². The average molecular weight is 282 g/mol. The quantitative estimate of drug-likeness (QED) is 0.793. The van der Waals surface area contributed by atoms with Crippen molar-refractivity contribution >= 4 is 5.69 Å². The molecule has 0 aromatic heterocycles. The molecule has 0 bridgehead atoms. The van der Waals surface area contributed by atoms with Crippen molar-refractivity contribution in [3.05, 3.63) is 65.7 Å². The summed E-state index contributed by atoms with van der Waals surface area (Å²) in [5.41, 5.74) is 9.79. The Morgan fingerprint density at radius 1 is 0.857 bits per heavy atom. The van der Waals surface area contributed by atoms with E-state index in [2.05, 4.69) is 66.4 Å². The van der Waals surface area contributed by atoms with Crippen LogP contribution in [0, 0.1) is 0 Å². The predicted octanol–water partition coefficient (Wildman–Crippen LogP) is 3.99. The maximum atomic E-state index is 5.83. The molecule has 2 rings (SSSR count). The van der Waals surface area contributed by atoms with Crippen LogP contribution in [0.15, 0.2) is 54.6 Å². The number of unbranched alkanes of at least 4 members (excludes halogenated alkanes) is 1. The van der Waals surface area contributed by atoms with Crippen LogP contribution in [0.5, 0.6) is 0 Å². The lowest BCUT2D eigenvalue weighted by Crippen LogP contribution is -2.27. The molecule has 2 N–H and O–H groups in total. The summed E-state index contributed by atoms with van der Waals surface area (Å²) in [4.78, 5) is 2.48. The van der Waals surface area contributed by atoms with E-state index in [1.165, 1.54) is 29.7 Å². The average Bonchev–Trinajstić information content (AvgIpc) is 2.56. The SMILES string of the molecule is CCCCN(CCc1ccccc1CN)c1ccccc1.